The highest BCUT2D eigenvalue weighted by Crippen LogP contribution is 2.16. The van der Waals surface area contributed by atoms with Crippen molar-refractivity contribution >= 4 is 0 Å². The minimum Gasteiger partial charge on any atom is -0.385 e. The number of ether oxygens (including phenoxy) is 1. The van der Waals surface area contributed by atoms with Crippen LogP contribution in [0, 0.1) is 0 Å². The second-order valence-corrected chi connectivity index (χ2v) is 4.55. The van der Waals surface area contributed by atoms with E-state index >= 15 is 0 Å². The summed E-state index contributed by atoms with van der Waals surface area (Å²) < 4.78 is 6.37. The summed E-state index contributed by atoms with van der Waals surface area (Å²) in [6.45, 7) is 5.07. The van der Waals surface area contributed by atoms with E-state index in [9.17, 15) is 0 Å². The van der Waals surface area contributed by atoms with Gasteiger partial charge in [0, 0.05) is 13.7 Å². The molecule has 0 aromatic rings. The molecule has 0 bridgehead atoms. The third kappa shape index (κ3) is 4.10. The van der Waals surface area contributed by atoms with Crippen molar-refractivity contribution in [3.05, 3.63) is 0 Å². The van der Waals surface area contributed by atoms with Gasteiger partial charge >= 0.3 is 0 Å². The molecule has 1 heterocycles. The molecule has 0 aromatic heterocycles. The minimum atomic E-state index is 0.931. The average molecular weight is 186 g/mol. The molecule has 0 amide bonds. The van der Waals surface area contributed by atoms with Gasteiger partial charge in [0.15, 0.2) is 0 Å². The summed E-state index contributed by atoms with van der Waals surface area (Å²) in [6, 6.07) is 0. The lowest BCUT2D eigenvalue weighted by Gasteiger charge is -2.37. The Balaban J connectivity index is 2.10. The molecule has 1 aliphatic heterocycles. The zero-order chi connectivity index (χ0) is 9.57. The van der Waals surface area contributed by atoms with Gasteiger partial charge in [-0.1, -0.05) is 0 Å². The van der Waals surface area contributed by atoms with E-state index in [4.69, 9.17) is 4.74 Å². The molecule has 13 heavy (non-hydrogen) atoms. The van der Waals surface area contributed by atoms with Crippen molar-refractivity contribution < 1.29 is 9.22 Å². The summed E-state index contributed by atoms with van der Waals surface area (Å²) in [7, 11) is 4.20. The number of likely N-dealkylation sites (tertiary alicyclic amines) is 1. The van der Waals surface area contributed by atoms with Gasteiger partial charge in [-0.25, -0.2) is 0 Å². The summed E-state index contributed by atoms with van der Waals surface area (Å²) >= 11 is 0. The van der Waals surface area contributed by atoms with E-state index < -0.39 is 0 Å². The highest BCUT2D eigenvalue weighted by atomic mass is 16.5. The largest absolute Gasteiger partial charge is 0.385 e. The van der Waals surface area contributed by atoms with Crippen molar-refractivity contribution in [1.29, 1.82) is 0 Å². The Kier molecular flexibility index (Phi) is 4.74. The van der Waals surface area contributed by atoms with Crippen LogP contribution in [0.15, 0.2) is 0 Å². The second-order valence-electron chi connectivity index (χ2n) is 4.55. The molecule has 1 fully saturated rings. The van der Waals surface area contributed by atoms with Crippen LogP contribution >= 0.6 is 0 Å². The van der Waals surface area contributed by atoms with E-state index in [0.717, 1.165) is 6.61 Å². The molecule has 0 atom stereocenters. The minimum absolute atomic E-state index is 0.931. The van der Waals surface area contributed by atoms with E-state index in [1.807, 2.05) is 0 Å². The molecule has 1 saturated heterocycles. The summed E-state index contributed by atoms with van der Waals surface area (Å²) in [4.78, 5) is 0. The Morgan fingerprint density at radius 2 is 1.77 bits per heavy atom. The topological polar surface area (TPSA) is 9.23 Å². The molecular formula is C11H24NO+. The highest BCUT2D eigenvalue weighted by Gasteiger charge is 2.23. The molecular weight excluding hydrogens is 162 g/mol. The summed E-state index contributed by atoms with van der Waals surface area (Å²) in [5.41, 5.74) is 0. The van der Waals surface area contributed by atoms with Gasteiger partial charge in [0.05, 0.1) is 26.7 Å². The number of hydrogen-bond donors (Lipinski definition) is 0. The first-order valence-corrected chi connectivity index (χ1v) is 5.59. The molecule has 2 nitrogen and oxygen atoms in total. The average Bonchev–Trinajstić information content (AvgIpc) is 2.14. The van der Waals surface area contributed by atoms with Crippen LogP contribution in [0.1, 0.15) is 32.1 Å². The van der Waals surface area contributed by atoms with E-state index in [1.54, 1.807) is 7.11 Å². The van der Waals surface area contributed by atoms with Crippen LogP contribution in [0.4, 0.5) is 0 Å². The Bertz CT molecular complexity index is 130. The highest BCUT2D eigenvalue weighted by molar-refractivity contribution is 4.52. The number of piperidine rings is 1. The number of methoxy groups -OCH3 is 1. The second kappa shape index (κ2) is 5.61. The quantitative estimate of drug-likeness (QED) is 0.471. The predicted octanol–water partition coefficient (Wildman–Crippen LogP) is 2.04. The molecule has 1 aliphatic rings. The lowest BCUT2D eigenvalue weighted by molar-refractivity contribution is -0.914. The van der Waals surface area contributed by atoms with Crippen molar-refractivity contribution in [1.82, 2.24) is 0 Å². The number of nitrogens with zero attached hydrogens (tertiary/aromatic N) is 1. The van der Waals surface area contributed by atoms with Gasteiger partial charge in [-0.2, -0.15) is 0 Å². The Morgan fingerprint density at radius 1 is 1.08 bits per heavy atom. The molecule has 2 heteroatoms. The molecule has 1 rings (SSSR count). The van der Waals surface area contributed by atoms with Crippen molar-refractivity contribution in [2.45, 2.75) is 32.1 Å². The number of unbranched alkanes of at least 4 members (excludes halogenated alkanes) is 1. The zero-order valence-corrected chi connectivity index (χ0v) is 9.22. The third-order valence-corrected chi connectivity index (χ3v) is 3.19. The number of quaternary nitrogens is 1. The van der Waals surface area contributed by atoms with Crippen LogP contribution in [0.25, 0.3) is 0 Å². The van der Waals surface area contributed by atoms with E-state index in [2.05, 4.69) is 7.05 Å². The number of hydrogen-bond acceptors (Lipinski definition) is 1. The van der Waals surface area contributed by atoms with Crippen LogP contribution in [-0.4, -0.2) is 44.9 Å². The Hall–Kier alpha value is -0.0800. The maximum absolute atomic E-state index is 5.06. The van der Waals surface area contributed by atoms with E-state index in [0.29, 0.717) is 0 Å². The SMILES string of the molecule is COCCCC[N+]1(C)CCCCC1. The first-order chi connectivity index (χ1) is 6.27. The van der Waals surface area contributed by atoms with Gasteiger partial charge in [-0.05, 0) is 32.1 Å². The fourth-order valence-electron chi connectivity index (χ4n) is 2.24. The first kappa shape index (κ1) is 11.0. The van der Waals surface area contributed by atoms with Crippen LogP contribution < -0.4 is 0 Å². The fraction of sp³-hybridized carbons (Fsp3) is 1.00. The molecule has 0 N–H and O–H groups in total. The van der Waals surface area contributed by atoms with Crippen molar-refractivity contribution in [3.63, 3.8) is 0 Å². The predicted molar refractivity (Wildman–Crippen MR) is 55.7 cm³/mol. The van der Waals surface area contributed by atoms with Gasteiger partial charge in [0.2, 0.25) is 0 Å². The maximum atomic E-state index is 5.06. The smallest absolute Gasteiger partial charge is 0.0785 e. The van der Waals surface area contributed by atoms with E-state index in [-0.39, 0.29) is 0 Å². The van der Waals surface area contributed by atoms with Gasteiger partial charge < -0.3 is 9.22 Å². The van der Waals surface area contributed by atoms with Crippen molar-refractivity contribution in [2.24, 2.45) is 0 Å². The Labute approximate surface area is 82.5 Å². The number of rotatable bonds is 5. The van der Waals surface area contributed by atoms with Gasteiger partial charge in [-0.3, -0.25) is 0 Å². The van der Waals surface area contributed by atoms with Crippen LogP contribution in [0.3, 0.4) is 0 Å². The third-order valence-electron chi connectivity index (χ3n) is 3.19. The molecule has 78 valence electrons. The normalized spacial score (nSPS) is 21.7. The Morgan fingerprint density at radius 3 is 2.38 bits per heavy atom. The van der Waals surface area contributed by atoms with Crippen LogP contribution in [0.2, 0.25) is 0 Å². The van der Waals surface area contributed by atoms with Crippen LogP contribution in [-0.2, 0) is 4.74 Å². The van der Waals surface area contributed by atoms with Gasteiger partial charge in [-0.15, -0.1) is 0 Å². The van der Waals surface area contributed by atoms with Gasteiger partial charge in [0.1, 0.15) is 0 Å². The zero-order valence-electron chi connectivity index (χ0n) is 9.22. The van der Waals surface area contributed by atoms with Crippen molar-refractivity contribution in [3.8, 4) is 0 Å². The van der Waals surface area contributed by atoms with Gasteiger partial charge in [0.25, 0.3) is 0 Å². The first-order valence-electron chi connectivity index (χ1n) is 5.59. The van der Waals surface area contributed by atoms with Crippen LogP contribution in [0.5, 0.6) is 0 Å². The summed E-state index contributed by atoms with van der Waals surface area (Å²) in [5.74, 6) is 0. The molecule has 0 saturated carbocycles. The lowest BCUT2D eigenvalue weighted by atomic mass is 10.1. The molecule has 0 spiro atoms. The molecule has 0 aromatic carbocycles. The maximum Gasteiger partial charge on any atom is 0.0785 e. The fourth-order valence-corrected chi connectivity index (χ4v) is 2.24. The van der Waals surface area contributed by atoms with E-state index in [1.165, 1.54) is 56.2 Å². The lowest BCUT2D eigenvalue weighted by Crippen LogP contribution is -2.48. The summed E-state index contributed by atoms with van der Waals surface area (Å²) in [5, 5.41) is 0. The van der Waals surface area contributed by atoms with Crippen molar-refractivity contribution in [2.75, 3.05) is 40.4 Å². The standard InChI is InChI=1S/C11H24NO/c1-12(8-4-3-5-9-12)10-6-7-11-13-2/h3-11H2,1-2H3/q+1. The molecule has 0 radical (unpaired) electrons. The monoisotopic (exact) mass is 186 g/mol. The molecule has 0 unspecified atom stereocenters. The summed E-state index contributed by atoms with van der Waals surface area (Å²) in [6.07, 6.45) is 6.86. The molecule has 0 aliphatic carbocycles.